The maximum atomic E-state index is 13.5. The van der Waals surface area contributed by atoms with Crippen molar-refractivity contribution >= 4 is 23.1 Å². The molecule has 1 saturated carbocycles. The van der Waals surface area contributed by atoms with E-state index in [2.05, 4.69) is 32.7 Å². The lowest BCUT2D eigenvalue weighted by Crippen LogP contribution is -2.12. The van der Waals surface area contributed by atoms with Gasteiger partial charge >= 0.3 is 6.18 Å². The Morgan fingerprint density at radius 1 is 0.903 bits per heavy atom. The van der Waals surface area contributed by atoms with Crippen LogP contribution in [0.25, 0.3) is 0 Å². The first-order valence-electron chi connectivity index (χ1n) is 10.5. The van der Waals surface area contributed by atoms with E-state index in [0.29, 0.717) is 11.6 Å². The van der Waals surface area contributed by atoms with Crippen molar-refractivity contribution < 1.29 is 13.2 Å². The minimum Gasteiger partial charge on any atom is -0.340 e. The molecule has 0 amide bonds. The van der Waals surface area contributed by atoms with Crippen molar-refractivity contribution in [1.29, 1.82) is 0 Å². The van der Waals surface area contributed by atoms with Crippen LogP contribution >= 0.6 is 0 Å². The summed E-state index contributed by atoms with van der Waals surface area (Å²) in [5, 5.41) is 5.81. The molecule has 0 bridgehead atoms. The number of halogens is 3. The van der Waals surface area contributed by atoms with Gasteiger partial charge in [-0.25, -0.2) is 4.98 Å². The van der Waals surface area contributed by atoms with Crippen LogP contribution in [0, 0.1) is 6.92 Å². The molecule has 2 N–H and O–H groups in total. The fourth-order valence-electron chi connectivity index (χ4n) is 4.01. The average molecular weight is 426 g/mol. The molecule has 1 heterocycles. The predicted molar refractivity (Wildman–Crippen MR) is 117 cm³/mol. The highest BCUT2D eigenvalue weighted by Gasteiger charge is 2.35. The molecule has 0 radical (unpaired) electrons. The zero-order valence-electron chi connectivity index (χ0n) is 17.3. The minimum atomic E-state index is -4.56. The maximum absolute atomic E-state index is 13.5. The van der Waals surface area contributed by atoms with Gasteiger partial charge in [-0.3, -0.25) is 0 Å². The van der Waals surface area contributed by atoms with Crippen molar-refractivity contribution in [3.05, 3.63) is 71.4 Å². The highest BCUT2D eigenvalue weighted by Crippen LogP contribution is 2.36. The second-order valence-electron chi connectivity index (χ2n) is 8.03. The zero-order valence-corrected chi connectivity index (χ0v) is 17.3. The van der Waals surface area contributed by atoms with Crippen molar-refractivity contribution in [2.75, 3.05) is 10.6 Å². The summed E-state index contributed by atoms with van der Waals surface area (Å²) < 4.78 is 40.4. The number of rotatable bonds is 5. The zero-order chi connectivity index (χ0) is 21.8. The number of hydrogen-bond donors (Lipinski definition) is 2. The third-order valence-electron chi connectivity index (χ3n) is 5.62. The summed E-state index contributed by atoms with van der Waals surface area (Å²) in [6.45, 7) is 1.87. The van der Waals surface area contributed by atoms with Crippen molar-refractivity contribution in [3.8, 4) is 0 Å². The van der Waals surface area contributed by atoms with E-state index in [1.165, 1.54) is 37.7 Å². The molecule has 0 aliphatic heterocycles. The van der Waals surface area contributed by atoms with Crippen LogP contribution in [0.4, 0.5) is 36.3 Å². The molecule has 2 aromatic carbocycles. The summed E-state index contributed by atoms with van der Waals surface area (Å²) in [7, 11) is 0. The van der Waals surface area contributed by atoms with E-state index in [1.807, 2.05) is 25.1 Å². The Balaban J connectivity index is 1.55. The average Bonchev–Trinajstić information content (AvgIpc) is 2.74. The number of aryl methyl sites for hydroxylation is 1. The molecule has 0 unspecified atom stereocenters. The summed E-state index contributed by atoms with van der Waals surface area (Å²) in [5.41, 5.74) is 2.60. The molecule has 0 spiro atoms. The third kappa shape index (κ3) is 5.34. The van der Waals surface area contributed by atoms with E-state index < -0.39 is 11.7 Å². The summed E-state index contributed by atoms with van der Waals surface area (Å²) >= 11 is 0. The molecule has 4 rings (SSSR count). The molecule has 3 aromatic rings. The Hall–Kier alpha value is -3.09. The second-order valence-corrected chi connectivity index (χ2v) is 8.03. The van der Waals surface area contributed by atoms with Gasteiger partial charge in [-0.1, -0.05) is 43.5 Å². The van der Waals surface area contributed by atoms with Crippen molar-refractivity contribution in [3.63, 3.8) is 0 Å². The number of alkyl halides is 3. The first-order chi connectivity index (χ1) is 14.9. The SMILES string of the molecule is Cc1cccc(Nc2nc(Nc3ccc(C4CCCCC4)cc3)ncc2C(F)(F)F)c1. The van der Waals surface area contributed by atoms with Crippen molar-refractivity contribution in [2.24, 2.45) is 0 Å². The van der Waals surface area contributed by atoms with E-state index in [4.69, 9.17) is 0 Å². The molecule has 1 aliphatic rings. The highest BCUT2D eigenvalue weighted by atomic mass is 19.4. The van der Waals surface area contributed by atoms with Gasteiger partial charge in [0.25, 0.3) is 0 Å². The fraction of sp³-hybridized carbons (Fsp3) is 0.333. The van der Waals surface area contributed by atoms with E-state index in [9.17, 15) is 13.2 Å². The Labute approximate surface area is 179 Å². The Morgan fingerprint density at radius 2 is 1.65 bits per heavy atom. The largest absolute Gasteiger partial charge is 0.421 e. The number of nitrogens with zero attached hydrogens (tertiary/aromatic N) is 2. The molecule has 4 nitrogen and oxygen atoms in total. The molecule has 31 heavy (non-hydrogen) atoms. The van der Waals surface area contributed by atoms with Crippen LogP contribution in [0.3, 0.4) is 0 Å². The fourth-order valence-corrected chi connectivity index (χ4v) is 4.01. The number of aromatic nitrogens is 2. The van der Waals surface area contributed by atoms with Crippen LogP contribution in [-0.4, -0.2) is 9.97 Å². The van der Waals surface area contributed by atoms with E-state index >= 15 is 0 Å². The standard InChI is InChI=1S/C24H25F3N4/c1-16-6-5-9-20(14-16)29-22-21(24(25,26)27)15-28-23(31-22)30-19-12-10-18(11-13-19)17-7-3-2-4-8-17/h5-6,9-15,17H,2-4,7-8H2,1H3,(H2,28,29,30,31). The van der Waals surface area contributed by atoms with Gasteiger partial charge in [-0.2, -0.15) is 18.2 Å². The lowest BCUT2D eigenvalue weighted by atomic mass is 9.84. The van der Waals surface area contributed by atoms with E-state index in [0.717, 1.165) is 17.4 Å². The van der Waals surface area contributed by atoms with Crippen LogP contribution < -0.4 is 10.6 Å². The number of benzene rings is 2. The van der Waals surface area contributed by atoms with Gasteiger partial charge in [-0.15, -0.1) is 0 Å². The normalized spacial score (nSPS) is 15.0. The highest BCUT2D eigenvalue weighted by molar-refractivity contribution is 5.63. The molecule has 7 heteroatoms. The quantitative estimate of drug-likeness (QED) is 0.448. The van der Waals surface area contributed by atoms with Crippen LogP contribution in [0.5, 0.6) is 0 Å². The summed E-state index contributed by atoms with van der Waals surface area (Å²) in [6, 6.07) is 15.1. The number of nitrogens with one attached hydrogen (secondary N) is 2. The van der Waals surface area contributed by atoms with Gasteiger partial charge in [0.05, 0.1) is 0 Å². The predicted octanol–water partition coefficient (Wildman–Crippen LogP) is 7.34. The van der Waals surface area contributed by atoms with Crippen LogP contribution in [-0.2, 0) is 6.18 Å². The lowest BCUT2D eigenvalue weighted by molar-refractivity contribution is -0.137. The van der Waals surface area contributed by atoms with Gasteiger partial charge in [0.15, 0.2) is 0 Å². The summed E-state index contributed by atoms with van der Waals surface area (Å²) in [4.78, 5) is 8.01. The van der Waals surface area contributed by atoms with Gasteiger partial charge in [0.2, 0.25) is 5.95 Å². The Morgan fingerprint density at radius 3 is 2.32 bits per heavy atom. The molecule has 1 fully saturated rings. The maximum Gasteiger partial charge on any atom is 0.421 e. The van der Waals surface area contributed by atoms with Crippen LogP contribution in [0.2, 0.25) is 0 Å². The van der Waals surface area contributed by atoms with Gasteiger partial charge in [0.1, 0.15) is 11.4 Å². The third-order valence-corrected chi connectivity index (χ3v) is 5.62. The molecule has 1 aromatic heterocycles. The summed E-state index contributed by atoms with van der Waals surface area (Å²) in [5.74, 6) is 0.415. The van der Waals surface area contributed by atoms with Gasteiger partial charge in [0, 0.05) is 17.6 Å². The second kappa shape index (κ2) is 8.96. The number of anilines is 4. The van der Waals surface area contributed by atoms with Gasteiger partial charge < -0.3 is 10.6 Å². The molecule has 0 saturated heterocycles. The Kier molecular flexibility index (Phi) is 6.11. The van der Waals surface area contributed by atoms with E-state index in [-0.39, 0.29) is 11.8 Å². The van der Waals surface area contributed by atoms with E-state index in [1.54, 1.807) is 18.2 Å². The first-order valence-corrected chi connectivity index (χ1v) is 10.5. The molecule has 1 aliphatic carbocycles. The monoisotopic (exact) mass is 426 g/mol. The minimum absolute atomic E-state index is 0.105. The molecule has 162 valence electrons. The molecular formula is C24H25F3N4. The van der Waals surface area contributed by atoms with Crippen LogP contribution in [0.1, 0.15) is 54.7 Å². The van der Waals surface area contributed by atoms with Crippen molar-refractivity contribution in [2.45, 2.75) is 51.1 Å². The van der Waals surface area contributed by atoms with Crippen molar-refractivity contribution in [1.82, 2.24) is 9.97 Å². The van der Waals surface area contributed by atoms with Crippen LogP contribution in [0.15, 0.2) is 54.7 Å². The molecule has 0 atom stereocenters. The first kappa shape index (κ1) is 21.2. The molecular weight excluding hydrogens is 401 g/mol. The van der Waals surface area contributed by atoms with Gasteiger partial charge in [-0.05, 0) is 61.1 Å². The topological polar surface area (TPSA) is 49.8 Å². The number of hydrogen-bond acceptors (Lipinski definition) is 4. The lowest BCUT2D eigenvalue weighted by Gasteiger charge is -2.22. The summed E-state index contributed by atoms with van der Waals surface area (Å²) in [6.07, 6.45) is 2.50. The Bertz CT molecular complexity index is 1030. The smallest absolute Gasteiger partial charge is 0.340 e.